The standard InChI is InChI=1S/C45H72NO9P/c1-3-5-7-8-9-10-11-12-13-16-19-22-25-28-32-36-44(48)52-40-43(41-54-56(50,51)53-39-38-46)55-45(49)37-33-29-26-23-20-17-14-15-18-21-24-27-31-35-42(47)34-30-6-4-2/h6,9-10,12-13,15,17-20,22,24,26-27,29-31,35,42-43,47H,3-5,7-8,11,14,16,21,23,25,28,32-34,36-41,46H2,1-2H3,(H,50,51)/b10-9-,13-12-,18-15-,20-17-,22-19-,27-24+,29-26-,30-6-,35-31+/t42?,43-/m1/s1. The van der Waals surface area contributed by atoms with E-state index >= 15 is 0 Å². The maximum Gasteiger partial charge on any atom is 0.472 e. The number of carbonyl (C=O) groups is 2. The van der Waals surface area contributed by atoms with Crippen molar-refractivity contribution in [2.45, 2.75) is 135 Å². The van der Waals surface area contributed by atoms with E-state index in [0.717, 1.165) is 57.8 Å². The van der Waals surface area contributed by atoms with Crippen LogP contribution in [0.15, 0.2) is 109 Å². The predicted octanol–water partition coefficient (Wildman–Crippen LogP) is 10.6. The van der Waals surface area contributed by atoms with Gasteiger partial charge in [-0.25, -0.2) is 4.57 Å². The predicted molar refractivity (Wildman–Crippen MR) is 230 cm³/mol. The number of unbranched alkanes of at least 4 members (excludes halogenated alkanes) is 5. The van der Waals surface area contributed by atoms with Crippen LogP contribution in [0.5, 0.6) is 0 Å². The molecule has 0 aliphatic heterocycles. The first-order valence-electron chi connectivity index (χ1n) is 20.5. The smallest absolute Gasteiger partial charge is 0.462 e. The highest BCUT2D eigenvalue weighted by Crippen LogP contribution is 2.43. The number of phosphoric acid groups is 1. The summed E-state index contributed by atoms with van der Waals surface area (Å²) in [5, 5.41) is 9.83. The summed E-state index contributed by atoms with van der Waals surface area (Å²) in [6.45, 7) is 3.31. The maximum atomic E-state index is 12.5. The van der Waals surface area contributed by atoms with E-state index in [2.05, 4.69) is 68.5 Å². The monoisotopic (exact) mass is 801 g/mol. The van der Waals surface area contributed by atoms with Crippen LogP contribution in [-0.2, 0) is 32.7 Å². The van der Waals surface area contributed by atoms with E-state index in [-0.39, 0.29) is 32.6 Å². The summed E-state index contributed by atoms with van der Waals surface area (Å²) in [5.41, 5.74) is 5.33. The Morgan fingerprint density at radius 2 is 1.21 bits per heavy atom. The molecule has 0 amide bonds. The van der Waals surface area contributed by atoms with Crippen molar-refractivity contribution in [2.75, 3.05) is 26.4 Å². The highest BCUT2D eigenvalue weighted by Gasteiger charge is 2.25. The van der Waals surface area contributed by atoms with Crippen molar-refractivity contribution in [3.63, 3.8) is 0 Å². The average Bonchev–Trinajstić information content (AvgIpc) is 3.18. The minimum Gasteiger partial charge on any atom is -0.462 e. The van der Waals surface area contributed by atoms with Crippen molar-refractivity contribution in [3.8, 4) is 0 Å². The Hall–Kier alpha value is -3.37. The third-order valence-electron chi connectivity index (χ3n) is 7.74. The number of ether oxygens (including phenoxy) is 2. The summed E-state index contributed by atoms with van der Waals surface area (Å²) in [7, 11) is -4.42. The second kappa shape index (κ2) is 39.8. The molecule has 0 saturated carbocycles. The second-order valence-corrected chi connectivity index (χ2v) is 14.4. The zero-order valence-electron chi connectivity index (χ0n) is 34.2. The molecule has 0 aromatic heterocycles. The quantitative estimate of drug-likeness (QED) is 0.0183. The molecule has 0 bridgehead atoms. The van der Waals surface area contributed by atoms with Crippen LogP contribution in [0.2, 0.25) is 0 Å². The highest BCUT2D eigenvalue weighted by molar-refractivity contribution is 7.47. The summed E-state index contributed by atoms with van der Waals surface area (Å²) >= 11 is 0. The summed E-state index contributed by atoms with van der Waals surface area (Å²) in [5.74, 6) is -1.01. The lowest BCUT2D eigenvalue weighted by Gasteiger charge is -2.19. The van der Waals surface area contributed by atoms with Crippen molar-refractivity contribution in [1.82, 2.24) is 0 Å². The van der Waals surface area contributed by atoms with Crippen LogP contribution >= 0.6 is 7.82 Å². The van der Waals surface area contributed by atoms with Crippen LogP contribution in [0, 0.1) is 0 Å². The molecule has 0 aliphatic carbocycles. The van der Waals surface area contributed by atoms with Gasteiger partial charge >= 0.3 is 19.8 Å². The zero-order valence-corrected chi connectivity index (χ0v) is 35.1. The minimum absolute atomic E-state index is 0.0237. The Balaban J connectivity index is 4.45. The number of aliphatic hydroxyl groups is 1. The van der Waals surface area contributed by atoms with Crippen molar-refractivity contribution in [2.24, 2.45) is 5.73 Å². The Morgan fingerprint density at radius 1 is 0.643 bits per heavy atom. The van der Waals surface area contributed by atoms with Gasteiger partial charge in [-0.05, 0) is 83.5 Å². The van der Waals surface area contributed by atoms with Crippen molar-refractivity contribution in [3.05, 3.63) is 109 Å². The molecule has 0 heterocycles. The molecule has 0 aromatic rings. The molecule has 0 rings (SSSR count). The SMILES string of the molecule is CC/C=C\CC(O)/C=C/C=C/C/C=C\C/C=C\C/C=C\CCC(=O)O[C@H](COC(=O)CCCC/C=C\C/C=C\C/C=C\CCCCC)COP(=O)(O)OCCN. The minimum atomic E-state index is -4.42. The molecule has 4 N–H and O–H groups in total. The highest BCUT2D eigenvalue weighted by atomic mass is 31.2. The van der Waals surface area contributed by atoms with Gasteiger partial charge in [0.1, 0.15) is 6.61 Å². The normalized spacial score (nSPS) is 15.0. The van der Waals surface area contributed by atoms with Crippen LogP contribution in [0.25, 0.3) is 0 Å². The molecule has 0 aromatic carbocycles. The number of esters is 2. The van der Waals surface area contributed by atoms with Crippen LogP contribution in [0.4, 0.5) is 0 Å². The zero-order chi connectivity index (χ0) is 41.2. The Kier molecular flexibility index (Phi) is 37.5. The Bertz CT molecular complexity index is 1300. The van der Waals surface area contributed by atoms with Crippen LogP contribution in [0.3, 0.4) is 0 Å². The summed E-state index contributed by atoms with van der Waals surface area (Å²) < 4.78 is 32.6. The van der Waals surface area contributed by atoms with E-state index in [1.54, 1.807) is 6.08 Å². The summed E-state index contributed by atoms with van der Waals surface area (Å²) in [6, 6.07) is 0. The van der Waals surface area contributed by atoms with Gasteiger partial charge < -0.3 is 25.2 Å². The van der Waals surface area contributed by atoms with Gasteiger partial charge in [0.2, 0.25) is 0 Å². The second-order valence-electron chi connectivity index (χ2n) is 13.0. The van der Waals surface area contributed by atoms with E-state index in [4.69, 9.17) is 24.3 Å². The molecule has 0 saturated heterocycles. The number of aliphatic hydroxyl groups excluding tert-OH is 1. The van der Waals surface area contributed by atoms with E-state index < -0.39 is 38.6 Å². The Labute approximate surface area is 338 Å². The lowest BCUT2D eigenvalue weighted by molar-refractivity contribution is -0.161. The molecular formula is C45H72NO9P. The first kappa shape index (κ1) is 52.6. The first-order valence-corrected chi connectivity index (χ1v) is 22.0. The number of carbonyl (C=O) groups excluding carboxylic acids is 2. The number of hydrogen-bond donors (Lipinski definition) is 3. The van der Waals surface area contributed by atoms with E-state index in [9.17, 15) is 24.2 Å². The van der Waals surface area contributed by atoms with Gasteiger partial charge in [-0.15, -0.1) is 0 Å². The number of hydrogen-bond acceptors (Lipinski definition) is 9. The summed E-state index contributed by atoms with van der Waals surface area (Å²) in [4.78, 5) is 34.8. The molecule has 56 heavy (non-hydrogen) atoms. The number of allylic oxidation sites excluding steroid dienone is 16. The van der Waals surface area contributed by atoms with Crippen molar-refractivity contribution < 1.29 is 42.7 Å². The summed E-state index contributed by atoms with van der Waals surface area (Å²) in [6.07, 6.45) is 49.0. The molecule has 10 nitrogen and oxygen atoms in total. The van der Waals surface area contributed by atoms with Gasteiger partial charge in [-0.1, -0.05) is 136 Å². The molecule has 2 unspecified atom stereocenters. The number of nitrogens with two attached hydrogens (primary N) is 1. The van der Waals surface area contributed by atoms with Crippen molar-refractivity contribution in [1.29, 1.82) is 0 Å². The average molecular weight is 802 g/mol. The fourth-order valence-electron chi connectivity index (χ4n) is 4.69. The van der Waals surface area contributed by atoms with Gasteiger partial charge in [0.05, 0.1) is 19.3 Å². The molecule has 316 valence electrons. The van der Waals surface area contributed by atoms with E-state index in [1.807, 2.05) is 48.6 Å². The van der Waals surface area contributed by atoms with E-state index in [0.29, 0.717) is 19.3 Å². The molecular weight excluding hydrogens is 729 g/mol. The lowest BCUT2D eigenvalue weighted by Crippen LogP contribution is -2.29. The molecule has 3 atom stereocenters. The van der Waals surface area contributed by atoms with Gasteiger partial charge in [-0.3, -0.25) is 18.6 Å². The van der Waals surface area contributed by atoms with Crippen LogP contribution < -0.4 is 5.73 Å². The molecule has 0 fully saturated rings. The van der Waals surface area contributed by atoms with Crippen molar-refractivity contribution >= 4 is 19.8 Å². The largest absolute Gasteiger partial charge is 0.472 e. The van der Waals surface area contributed by atoms with Crippen LogP contribution in [-0.4, -0.2) is 60.5 Å². The molecule has 0 radical (unpaired) electrons. The third kappa shape index (κ3) is 38.9. The third-order valence-corrected chi connectivity index (χ3v) is 8.72. The van der Waals surface area contributed by atoms with Gasteiger partial charge in [0.15, 0.2) is 6.10 Å². The van der Waals surface area contributed by atoms with E-state index in [1.165, 1.54) is 19.3 Å². The van der Waals surface area contributed by atoms with Crippen LogP contribution in [0.1, 0.15) is 123 Å². The fourth-order valence-corrected chi connectivity index (χ4v) is 5.45. The molecule has 0 aliphatic rings. The first-order chi connectivity index (χ1) is 27.2. The van der Waals surface area contributed by atoms with Gasteiger partial charge in [0, 0.05) is 19.4 Å². The maximum absolute atomic E-state index is 12.5. The topological polar surface area (TPSA) is 155 Å². The number of phosphoric ester groups is 1. The lowest BCUT2D eigenvalue weighted by atomic mass is 10.1. The molecule has 0 spiro atoms. The van der Waals surface area contributed by atoms with Gasteiger partial charge in [-0.2, -0.15) is 0 Å². The Morgan fingerprint density at radius 3 is 1.80 bits per heavy atom. The molecule has 11 heteroatoms. The fraction of sp³-hybridized carbons (Fsp3) is 0.556. The van der Waals surface area contributed by atoms with Gasteiger partial charge in [0.25, 0.3) is 0 Å². The number of rotatable bonds is 36.